The van der Waals surface area contributed by atoms with E-state index in [-0.39, 0.29) is 12.5 Å². The Morgan fingerprint density at radius 1 is 0.914 bits per heavy atom. The Balaban J connectivity index is 1.43. The first-order valence-electron chi connectivity index (χ1n) is 11.7. The third kappa shape index (κ3) is 6.61. The van der Waals surface area contributed by atoms with Gasteiger partial charge in [0.15, 0.2) is 6.61 Å². The molecule has 3 aromatic carbocycles. The van der Waals surface area contributed by atoms with E-state index in [9.17, 15) is 9.59 Å². The van der Waals surface area contributed by atoms with Gasteiger partial charge in [0.25, 0.3) is 5.91 Å². The van der Waals surface area contributed by atoms with Gasteiger partial charge >= 0.3 is 5.97 Å². The molecular formula is C28H31N3O4. The van der Waals surface area contributed by atoms with Gasteiger partial charge in [0.05, 0.1) is 24.0 Å². The summed E-state index contributed by atoms with van der Waals surface area (Å²) in [5.41, 5.74) is 4.25. The van der Waals surface area contributed by atoms with Gasteiger partial charge in [-0.2, -0.15) is 0 Å². The summed E-state index contributed by atoms with van der Waals surface area (Å²) in [4.78, 5) is 29.5. The summed E-state index contributed by atoms with van der Waals surface area (Å²) in [6.07, 6.45) is 0. The highest BCUT2D eigenvalue weighted by Crippen LogP contribution is 2.29. The van der Waals surface area contributed by atoms with Crippen molar-refractivity contribution >= 4 is 23.3 Å². The van der Waals surface area contributed by atoms with Gasteiger partial charge in [-0.1, -0.05) is 48.0 Å². The Kier molecular flexibility index (Phi) is 8.00. The van der Waals surface area contributed by atoms with Crippen molar-refractivity contribution < 1.29 is 19.1 Å². The second-order valence-corrected chi connectivity index (χ2v) is 8.62. The molecule has 0 bridgehead atoms. The third-order valence-corrected chi connectivity index (χ3v) is 6.04. The molecule has 35 heavy (non-hydrogen) atoms. The normalized spacial score (nSPS) is 13.8. The van der Waals surface area contributed by atoms with Gasteiger partial charge in [-0.25, -0.2) is 4.79 Å². The second kappa shape index (κ2) is 11.5. The van der Waals surface area contributed by atoms with Crippen LogP contribution in [0.2, 0.25) is 0 Å². The monoisotopic (exact) mass is 473 g/mol. The van der Waals surface area contributed by atoms with E-state index in [1.807, 2.05) is 43.3 Å². The van der Waals surface area contributed by atoms with E-state index in [1.165, 1.54) is 12.7 Å². The SMILES string of the molecule is COC(=O)c1ccc(N2CCN(Cc3ccccc3)CC2)c(NC(=O)COc2ccc(C)cc2)c1. The van der Waals surface area contributed by atoms with E-state index in [0.717, 1.165) is 44.0 Å². The summed E-state index contributed by atoms with van der Waals surface area (Å²) in [5, 5.41) is 2.93. The molecule has 0 radical (unpaired) electrons. The lowest BCUT2D eigenvalue weighted by Crippen LogP contribution is -2.46. The molecule has 1 aliphatic heterocycles. The average molecular weight is 474 g/mol. The number of esters is 1. The molecule has 0 atom stereocenters. The summed E-state index contributed by atoms with van der Waals surface area (Å²) in [5.74, 6) is -0.115. The highest BCUT2D eigenvalue weighted by molar-refractivity contribution is 5.98. The van der Waals surface area contributed by atoms with Crippen LogP contribution in [0.3, 0.4) is 0 Å². The van der Waals surface area contributed by atoms with Crippen LogP contribution < -0.4 is 15.0 Å². The molecule has 1 heterocycles. The van der Waals surface area contributed by atoms with Crippen molar-refractivity contribution in [1.29, 1.82) is 0 Å². The summed E-state index contributed by atoms with van der Waals surface area (Å²) in [6.45, 7) is 6.20. The molecule has 1 aliphatic rings. The van der Waals surface area contributed by atoms with E-state index >= 15 is 0 Å². The fourth-order valence-electron chi connectivity index (χ4n) is 4.11. The van der Waals surface area contributed by atoms with E-state index in [0.29, 0.717) is 17.0 Å². The van der Waals surface area contributed by atoms with Crippen LogP contribution in [0.25, 0.3) is 0 Å². The highest BCUT2D eigenvalue weighted by Gasteiger charge is 2.21. The number of rotatable bonds is 8. The minimum atomic E-state index is -0.448. The smallest absolute Gasteiger partial charge is 0.337 e. The van der Waals surface area contributed by atoms with Crippen molar-refractivity contribution in [3.05, 3.63) is 89.5 Å². The first-order chi connectivity index (χ1) is 17.0. The van der Waals surface area contributed by atoms with Crippen molar-refractivity contribution in [3.8, 4) is 5.75 Å². The van der Waals surface area contributed by atoms with Crippen LogP contribution in [-0.2, 0) is 16.1 Å². The molecule has 1 fully saturated rings. The van der Waals surface area contributed by atoms with E-state index in [4.69, 9.17) is 9.47 Å². The van der Waals surface area contributed by atoms with Crippen LogP contribution in [0.1, 0.15) is 21.5 Å². The summed E-state index contributed by atoms with van der Waals surface area (Å²) >= 11 is 0. The number of nitrogens with one attached hydrogen (secondary N) is 1. The Bertz CT molecular complexity index is 1140. The molecular weight excluding hydrogens is 442 g/mol. The van der Waals surface area contributed by atoms with Crippen molar-refractivity contribution in [2.24, 2.45) is 0 Å². The number of methoxy groups -OCH3 is 1. The molecule has 0 aliphatic carbocycles. The number of anilines is 2. The fraction of sp³-hybridized carbons (Fsp3) is 0.286. The molecule has 1 saturated heterocycles. The number of benzene rings is 3. The maximum absolute atomic E-state index is 12.7. The van der Waals surface area contributed by atoms with Crippen LogP contribution in [-0.4, -0.2) is 56.7 Å². The highest BCUT2D eigenvalue weighted by atomic mass is 16.5. The number of ether oxygens (including phenoxy) is 2. The van der Waals surface area contributed by atoms with E-state index < -0.39 is 5.97 Å². The van der Waals surface area contributed by atoms with Gasteiger partial charge < -0.3 is 19.7 Å². The topological polar surface area (TPSA) is 71.1 Å². The zero-order valence-corrected chi connectivity index (χ0v) is 20.2. The molecule has 4 rings (SSSR count). The molecule has 7 heteroatoms. The summed E-state index contributed by atoms with van der Waals surface area (Å²) in [6, 6.07) is 23.2. The molecule has 7 nitrogen and oxygen atoms in total. The van der Waals surface area contributed by atoms with E-state index in [2.05, 4.69) is 39.4 Å². The van der Waals surface area contributed by atoms with Crippen LogP contribution >= 0.6 is 0 Å². The number of nitrogens with zero attached hydrogens (tertiary/aromatic N) is 2. The standard InChI is InChI=1S/C28H31N3O4/c1-21-8-11-24(12-9-21)35-20-27(32)29-25-18-23(28(33)34-2)10-13-26(25)31-16-14-30(15-17-31)19-22-6-4-3-5-7-22/h3-13,18H,14-17,19-20H2,1-2H3,(H,29,32). The van der Waals surface area contributed by atoms with Crippen molar-refractivity contribution in [3.63, 3.8) is 0 Å². The fourth-order valence-corrected chi connectivity index (χ4v) is 4.11. The Morgan fingerprint density at radius 3 is 2.31 bits per heavy atom. The predicted molar refractivity (Wildman–Crippen MR) is 137 cm³/mol. The lowest BCUT2D eigenvalue weighted by Gasteiger charge is -2.37. The van der Waals surface area contributed by atoms with E-state index in [1.54, 1.807) is 12.1 Å². The minimum absolute atomic E-state index is 0.129. The first kappa shape index (κ1) is 24.3. The molecule has 3 aromatic rings. The number of amides is 1. The Morgan fingerprint density at radius 2 is 1.63 bits per heavy atom. The third-order valence-electron chi connectivity index (χ3n) is 6.04. The molecule has 0 unspecified atom stereocenters. The number of aryl methyl sites for hydroxylation is 1. The van der Waals surface area contributed by atoms with Crippen LogP contribution in [0.4, 0.5) is 11.4 Å². The number of hydrogen-bond acceptors (Lipinski definition) is 6. The molecule has 0 aromatic heterocycles. The molecule has 1 N–H and O–H groups in total. The van der Waals surface area contributed by atoms with Crippen LogP contribution in [0.15, 0.2) is 72.8 Å². The number of carbonyl (C=O) groups is 2. The van der Waals surface area contributed by atoms with Crippen LogP contribution in [0.5, 0.6) is 5.75 Å². The molecule has 0 spiro atoms. The summed E-state index contributed by atoms with van der Waals surface area (Å²) in [7, 11) is 1.34. The van der Waals surface area contributed by atoms with Crippen molar-refractivity contribution in [2.45, 2.75) is 13.5 Å². The van der Waals surface area contributed by atoms with Crippen molar-refractivity contribution in [1.82, 2.24) is 4.90 Å². The maximum Gasteiger partial charge on any atom is 0.337 e. The minimum Gasteiger partial charge on any atom is -0.484 e. The molecule has 182 valence electrons. The van der Waals surface area contributed by atoms with Gasteiger partial charge in [-0.05, 0) is 42.8 Å². The number of hydrogen-bond donors (Lipinski definition) is 1. The Hall–Kier alpha value is -3.84. The second-order valence-electron chi connectivity index (χ2n) is 8.62. The molecule has 1 amide bonds. The average Bonchev–Trinajstić information content (AvgIpc) is 2.89. The number of carbonyl (C=O) groups excluding carboxylic acids is 2. The van der Waals surface area contributed by atoms with Gasteiger partial charge in [-0.3, -0.25) is 9.69 Å². The van der Waals surface area contributed by atoms with Gasteiger partial charge in [0.1, 0.15) is 5.75 Å². The van der Waals surface area contributed by atoms with Gasteiger partial charge in [0.2, 0.25) is 0 Å². The largest absolute Gasteiger partial charge is 0.484 e. The van der Waals surface area contributed by atoms with Gasteiger partial charge in [-0.15, -0.1) is 0 Å². The lowest BCUT2D eigenvalue weighted by molar-refractivity contribution is -0.118. The zero-order valence-electron chi connectivity index (χ0n) is 20.2. The quantitative estimate of drug-likeness (QED) is 0.497. The number of piperazine rings is 1. The molecule has 0 saturated carbocycles. The summed E-state index contributed by atoms with van der Waals surface area (Å²) < 4.78 is 10.5. The predicted octanol–water partition coefficient (Wildman–Crippen LogP) is 4.12. The zero-order chi connectivity index (χ0) is 24.6. The van der Waals surface area contributed by atoms with Crippen molar-refractivity contribution in [2.75, 3.05) is 50.1 Å². The van der Waals surface area contributed by atoms with Gasteiger partial charge in [0, 0.05) is 32.7 Å². The first-order valence-corrected chi connectivity index (χ1v) is 11.7. The van der Waals surface area contributed by atoms with Crippen LogP contribution in [0, 0.1) is 6.92 Å². The maximum atomic E-state index is 12.7. The lowest BCUT2D eigenvalue weighted by atomic mass is 10.1. The Labute approximate surface area is 206 Å².